The van der Waals surface area contributed by atoms with Gasteiger partial charge in [0.25, 0.3) is 0 Å². The van der Waals surface area contributed by atoms with Crippen molar-refractivity contribution in [3.8, 4) is 0 Å². The monoisotopic (exact) mass is 209 g/mol. The molecule has 0 aliphatic heterocycles. The van der Waals surface area contributed by atoms with Gasteiger partial charge >= 0.3 is 0 Å². The van der Waals surface area contributed by atoms with Gasteiger partial charge in [0.2, 0.25) is 0 Å². The number of benzene rings is 1. The summed E-state index contributed by atoms with van der Waals surface area (Å²) in [6.07, 6.45) is 8.60. The van der Waals surface area contributed by atoms with Crippen molar-refractivity contribution in [3.05, 3.63) is 71.7 Å². The average Bonchev–Trinajstić information content (AvgIpc) is 2.64. The Bertz CT molecular complexity index is 432. The quantitative estimate of drug-likeness (QED) is 0.640. The first-order chi connectivity index (χ1) is 7.81. The van der Waals surface area contributed by atoms with Gasteiger partial charge in [-0.25, -0.2) is 0 Å². The maximum atomic E-state index is 3.82. The molecule has 16 heavy (non-hydrogen) atoms. The molecule has 0 amide bonds. The Hall–Kier alpha value is -1.56. The third-order valence-electron chi connectivity index (χ3n) is 2.98. The van der Waals surface area contributed by atoms with Crippen molar-refractivity contribution in [2.45, 2.75) is 19.8 Å². The molecule has 1 aromatic carbocycles. The van der Waals surface area contributed by atoms with E-state index in [9.17, 15) is 0 Å². The molecule has 0 fully saturated rings. The van der Waals surface area contributed by atoms with Crippen LogP contribution in [-0.4, -0.2) is 0 Å². The molecule has 0 aromatic heterocycles. The van der Waals surface area contributed by atoms with Crippen LogP contribution in [0.1, 0.15) is 25.3 Å². The van der Waals surface area contributed by atoms with Crippen LogP contribution < -0.4 is 0 Å². The van der Waals surface area contributed by atoms with Crippen LogP contribution in [0.5, 0.6) is 0 Å². The zero-order chi connectivity index (χ0) is 11.4. The maximum absolute atomic E-state index is 3.82. The molecule has 0 saturated carbocycles. The van der Waals surface area contributed by atoms with E-state index in [1.54, 1.807) is 0 Å². The largest absolute Gasteiger partial charge is 0.103 e. The SMILES string of the molecule is C=CCC1=C(C)[CH]CC1=Cc1ccccc1. The van der Waals surface area contributed by atoms with Crippen molar-refractivity contribution >= 4 is 6.08 Å². The molecule has 1 aliphatic carbocycles. The van der Waals surface area contributed by atoms with E-state index >= 15 is 0 Å². The third kappa shape index (κ3) is 2.33. The molecular formula is C16H17. The van der Waals surface area contributed by atoms with Crippen LogP contribution >= 0.6 is 0 Å². The normalized spacial score (nSPS) is 18.2. The van der Waals surface area contributed by atoms with Gasteiger partial charge in [-0.3, -0.25) is 0 Å². The molecule has 1 aliphatic rings. The highest BCUT2D eigenvalue weighted by Crippen LogP contribution is 2.33. The standard InChI is InChI=1S/C16H17/c1-3-7-16-13(2)10-11-15(16)12-14-8-5-4-6-9-14/h3-6,8-10,12H,1,7,11H2,2H3. The van der Waals surface area contributed by atoms with Gasteiger partial charge in [0.05, 0.1) is 0 Å². The topological polar surface area (TPSA) is 0 Å². The summed E-state index contributed by atoms with van der Waals surface area (Å²) >= 11 is 0. The molecule has 1 aromatic rings. The van der Waals surface area contributed by atoms with E-state index in [4.69, 9.17) is 0 Å². The highest BCUT2D eigenvalue weighted by molar-refractivity contribution is 5.63. The highest BCUT2D eigenvalue weighted by Gasteiger charge is 2.15. The zero-order valence-electron chi connectivity index (χ0n) is 9.74. The van der Waals surface area contributed by atoms with E-state index in [-0.39, 0.29) is 0 Å². The lowest BCUT2D eigenvalue weighted by Gasteiger charge is -2.04. The summed E-state index contributed by atoms with van der Waals surface area (Å²) in [5.41, 5.74) is 5.56. The predicted octanol–water partition coefficient (Wildman–Crippen LogP) is 4.57. The first-order valence-corrected chi connectivity index (χ1v) is 5.71. The molecule has 0 N–H and O–H groups in total. The van der Waals surface area contributed by atoms with Crippen LogP contribution in [0.4, 0.5) is 0 Å². The van der Waals surface area contributed by atoms with Gasteiger partial charge < -0.3 is 0 Å². The zero-order valence-corrected chi connectivity index (χ0v) is 9.74. The summed E-state index contributed by atoms with van der Waals surface area (Å²) in [5.74, 6) is 0. The van der Waals surface area contributed by atoms with Crippen LogP contribution in [0.3, 0.4) is 0 Å². The Kier molecular flexibility index (Phi) is 3.40. The van der Waals surface area contributed by atoms with Gasteiger partial charge in [-0.05, 0) is 42.9 Å². The number of allylic oxidation sites excluding steroid dienone is 4. The molecule has 0 heterocycles. The first kappa shape index (κ1) is 10.9. The minimum Gasteiger partial charge on any atom is -0.103 e. The number of hydrogen-bond acceptors (Lipinski definition) is 0. The molecule has 0 saturated heterocycles. The van der Waals surface area contributed by atoms with Gasteiger partial charge in [0, 0.05) is 0 Å². The second kappa shape index (κ2) is 4.98. The van der Waals surface area contributed by atoms with Crippen LogP contribution in [-0.2, 0) is 0 Å². The van der Waals surface area contributed by atoms with Gasteiger partial charge in [0.15, 0.2) is 0 Å². The Morgan fingerprint density at radius 1 is 1.25 bits per heavy atom. The summed E-state index contributed by atoms with van der Waals surface area (Å²) in [4.78, 5) is 0. The number of hydrogen-bond donors (Lipinski definition) is 0. The first-order valence-electron chi connectivity index (χ1n) is 5.71. The van der Waals surface area contributed by atoms with Crippen molar-refractivity contribution in [2.75, 3.05) is 0 Å². The lowest BCUT2D eigenvalue weighted by Crippen LogP contribution is -1.83. The lowest BCUT2D eigenvalue weighted by atomic mass is 10.0. The van der Waals surface area contributed by atoms with Crippen LogP contribution in [0.25, 0.3) is 6.08 Å². The second-order valence-corrected chi connectivity index (χ2v) is 4.14. The molecule has 0 spiro atoms. The van der Waals surface area contributed by atoms with Crippen molar-refractivity contribution in [1.82, 2.24) is 0 Å². The molecule has 0 atom stereocenters. The minimum absolute atomic E-state index is 0.973. The van der Waals surface area contributed by atoms with E-state index in [1.807, 2.05) is 6.08 Å². The second-order valence-electron chi connectivity index (χ2n) is 4.14. The average molecular weight is 209 g/mol. The molecule has 1 radical (unpaired) electrons. The van der Waals surface area contributed by atoms with Crippen molar-refractivity contribution < 1.29 is 0 Å². The Labute approximate surface area is 98.0 Å². The molecule has 81 valence electrons. The highest BCUT2D eigenvalue weighted by atomic mass is 14.2. The summed E-state index contributed by atoms with van der Waals surface area (Å²) in [6.45, 7) is 6.01. The van der Waals surface area contributed by atoms with E-state index in [0.29, 0.717) is 0 Å². The third-order valence-corrected chi connectivity index (χ3v) is 2.98. The Balaban J connectivity index is 2.28. The Morgan fingerprint density at radius 2 is 2.00 bits per heavy atom. The molecule has 0 heteroatoms. The Morgan fingerprint density at radius 3 is 2.69 bits per heavy atom. The summed E-state index contributed by atoms with van der Waals surface area (Å²) in [6, 6.07) is 10.5. The fourth-order valence-electron chi connectivity index (χ4n) is 2.10. The van der Waals surface area contributed by atoms with E-state index in [0.717, 1.165) is 12.8 Å². The van der Waals surface area contributed by atoms with Gasteiger partial charge in [-0.2, -0.15) is 0 Å². The van der Waals surface area contributed by atoms with Crippen molar-refractivity contribution in [3.63, 3.8) is 0 Å². The van der Waals surface area contributed by atoms with Crippen LogP contribution in [0, 0.1) is 6.42 Å². The molecular weight excluding hydrogens is 192 g/mol. The van der Waals surface area contributed by atoms with E-state index in [2.05, 4.69) is 56.3 Å². The molecule has 0 bridgehead atoms. The lowest BCUT2D eigenvalue weighted by molar-refractivity contribution is 1.19. The van der Waals surface area contributed by atoms with E-state index in [1.165, 1.54) is 22.3 Å². The fourth-order valence-corrected chi connectivity index (χ4v) is 2.10. The number of rotatable bonds is 3. The van der Waals surface area contributed by atoms with Crippen molar-refractivity contribution in [2.24, 2.45) is 0 Å². The van der Waals surface area contributed by atoms with Gasteiger partial charge in [-0.15, -0.1) is 6.58 Å². The van der Waals surface area contributed by atoms with Crippen LogP contribution in [0.15, 0.2) is 59.7 Å². The minimum atomic E-state index is 0.973. The maximum Gasteiger partial charge on any atom is -0.00904 e. The smallest absolute Gasteiger partial charge is 0.00904 e. The summed E-state index contributed by atoms with van der Waals surface area (Å²) < 4.78 is 0. The molecule has 2 rings (SSSR count). The fraction of sp³-hybridized carbons (Fsp3) is 0.188. The van der Waals surface area contributed by atoms with Gasteiger partial charge in [0.1, 0.15) is 0 Å². The van der Waals surface area contributed by atoms with Gasteiger partial charge in [-0.1, -0.05) is 48.1 Å². The van der Waals surface area contributed by atoms with Crippen molar-refractivity contribution in [1.29, 1.82) is 0 Å². The summed E-state index contributed by atoms with van der Waals surface area (Å²) in [7, 11) is 0. The van der Waals surface area contributed by atoms with Crippen LogP contribution in [0.2, 0.25) is 0 Å². The molecule has 0 unspecified atom stereocenters. The molecule has 0 nitrogen and oxygen atoms in total. The predicted molar refractivity (Wildman–Crippen MR) is 70.9 cm³/mol. The van der Waals surface area contributed by atoms with E-state index < -0.39 is 0 Å². The summed E-state index contributed by atoms with van der Waals surface area (Å²) in [5, 5.41) is 0.